The molecule has 5 nitrogen and oxygen atoms in total. The van der Waals surface area contributed by atoms with Crippen LogP contribution in [0.2, 0.25) is 18.1 Å². The number of pyridine rings is 1. The molecule has 190 valence electrons. The highest BCUT2D eigenvalue weighted by Crippen LogP contribution is 2.41. The molecular formula is C26H40FNO4SSi. The monoisotopic (exact) mass is 509 g/mol. The minimum Gasteiger partial charge on any atom is -0.412 e. The summed E-state index contributed by atoms with van der Waals surface area (Å²) >= 11 is 0. The molecule has 0 N–H and O–H groups in total. The molecule has 34 heavy (non-hydrogen) atoms. The van der Waals surface area contributed by atoms with Crippen LogP contribution in [-0.4, -0.2) is 28.0 Å². The maximum atomic E-state index is 13.8. The highest BCUT2D eigenvalue weighted by molar-refractivity contribution is 7.85. The Morgan fingerprint density at radius 1 is 0.941 bits per heavy atom. The SMILES string of the molecule is CC(C)c1nc(C(C)C)c(COS(C)(=O)=O)c(-c2ccc(F)cc2)c1CO[Si](C)(C)C(C)(C)C. The molecule has 1 aromatic heterocycles. The van der Waals surface area contributed by atoms with Crippen molar-refractivity contribution in [2.75, 3.05) is 6.26 Å². The van der Waals surface area contributed by atoms with E-state index in [1.54, 1.807) is 12.1 Å². The van der Waals surface area contributed by atoms with E-state index in [1.807, 2.05) is 13.8 Å². The second-order valence-electron chi connectivity index (χ2n) is 11.0. The van der Waals surface area contributed by atoms with E-state index in [0.29, 0.717) is 12.2 Å². The van der Waals surface area contributed by atoms with Crippen molar-refractivity contribution in [1.29, 1.82) is 0 Å². The third-order valence-electron chi connectivity index (χ3n) is 6.49. The van der Waals surface area contributed by atoms with E-state index in [1.165, 1.54) is 12.1 Å². The lowest BCUT2D eigenvalue weighted by atomic mass is 9.87. The van der Waals surface area contributed by atoms with E-state index < -0.39 is 18.4 Å². The first-order chi connectivity index (χ1) is 15.4. The number of hydrogen-bond acceptors (Lipinski definition) is 5. The molecule has 0 fully saturated rings. The van der Waals surface area contributed by atoms with Crippen LogP contribution in [0.1, 0.15) is 82.8 Å². The minimum absolute atomic E-state index is 0.0224. The molecule has 1 aromatic carbocycles. The molecule has 2 aromatic rings. The quantitative estimate of drug-likeness (QED) is 0.266. The largest absolute Gasteiger partial charge is 0.412 e. The van der Waals surface area contributed by atoms with Gasteiger partial charge in [-0.05, 0) is 53.2 Å². The number of halogens is 1. The first-order valence-electron chi connectivity index (χ1n) is 11.7. The van der Waals surface area contributed by atoms with Gasteiger partial charge >= 0.3 is 0 Å². The van der Waals surface area contributed by atoms with Crippen LogP contribution >= 0.6 is 0 Å². The fourth-order valence-corrected chi connectivity index (χ4v) is 4.82. The molecule has 0 radical (unpaired) electrons. The summed E-state index contributed by atoms with van der Waals surface area (Å²) in [6.45, 7) is 19.4. The number of rotatable bonds is 9. The van der Waals surface area contributed by atoms with Crippen molar-refractivity contribution in [3.8, 4) is 11.1 Å². The normalized spacial score (nSPS) is 13.2. The first kappa shape index (κ1) is 28.6. The van der Waals surface area contributed by atoms with Crippen LogP contribution in [0.4, 0.5) is 4.39 Å². The van der Waals surface area contributed by atoms with Gasteiger partial charge in [0.2, 0.25) is 0 Å². The Labute approximate surface area is 206 Å². The van der Waals surface area contributed by atoms with Crippen molar-refractivity contribution < 1.29 is 21.4 Å². The molecular weight excluding hydrogens is 469 g/mol. The molecule has 2 rings (SSSR count). The molecule has 8 heteroatoms. The average Bonchev–Trinajstić information content (AvgIpc) is 2.69. The molecule has 0 bridgehead atoms. The zero-order chi connectivity index (χ0) is 26.1. The van der Waals surface area contributed by atoms with E-state index in [2.05, 4.69) is 47.7 Å². The van der Waals surface area contributed by atoms with Crippen molar-refractivity contribution in [2.24, 2.45) is 0 Å². The summed E-state index contributed by atoms with van der Waals surface area (Å²) in [6, 6.07) is 6.27. The fourth-order valence-electron chi connectivity index (χ4n) is 3.55. The summed E-state index contributed by atoms with van der Waals surface area (Å²) in [6.07, 6.45) is 1.04. The number of aromatic nitrogens is 1. The van der Waals surface area contributed by atoms with Crippen molar-refractivity contribution in [3.05, 3.63) is 52.6 Å². The highest BCUT2D eigenvalue weighted by Gasteiger charge is 2.38. The van der Waals surface area contributed by atoms with Gasteiger partial charge < -0.3 is 4.43 Å². The summed E-state index contributed by atoms with van der Waals surface area (Å²) < 4.78 is 49.5. The van der Waals surface area contributed by atoms with Crippen molar-refractivity contribution in [2.45, 2.75) is 91.6 Å². The summed E-state index contributed by atoms with van der Waals surface area (Å²) in [5.41, 5.74) is 4.90. The summed E-state index contributed by atoms with van der Waals surface area (Å²) in [5, 5.41) is 0.0224. The number of hydrogen-bond donors (Lipinski definition) is 0. The maximum absolute atomic E-state index is 13.8. The molecule has 0 aliphatic rings. The Morgan fingerprint density at radius 3 is 1.82 bits per heavy atom. The van der Waals surface area contributed by atoms with E-state index in [9.17, 15) is 12.8 Å². The van der Waals surface area contributed by atoms with Crippen LogP contribution < -0.4 is 0 Å². The van der Waals surface area contributed by atoms with Crippen LogP contribution in [0.3, 0.4) is 0 Å². The molecule has 1 heterocycles. The number of benzene rings is 1. The van der Waals surface area contributed by atoms with E-state index in [4.69, 9.17) is 13.6 Å². The van der Waals surface area contributed by atoms with Gasteiger partial charge in [-0.1, -0.05) is 60.6 Å². The minimum atomic E-state index is -3.68. The van der Waals surface area contributed by atoms with Crippen LogP contribution in [0, 0.1) is 5.82 Å². The van der Waals surface area contributed by atoms with Crippen molar-refractivity contribution in [3.63, 3.8) is 0 Å². The molecule has 0 saturated carbocycles. The van der Waals surface area contributed by atoms with Crippen LogP contribution in [0.15, 0.2) is 24.3 Å². The molecule has 0 amide bonds. The molecule has 0 aliphatic carbocycles. The topological polar surface area (TPSA) is 65.5 Å². The van der Waals surface area contributed by atoms with E-state index in [0.717, 1.165) is 34.3 Å². The lowest BCUT2D eigenvalue weighted by Gasteiger charge is -2.37. The lowest BCUT2D eigenvalue weighted by Crippen LogP contribution is -2.40. The Bertz CT molecular complexity index is 1110. The molecule has 0 unspecified atom stereocenters. The molecule has 0 saturated heterocycles. The summed E-state index contributed by atoms with van der Waals surface area (Å²) in [5.74, 6) is -0.191. The molecule has 0 spiro atoms. The first-order valence-corrected chi connectivity index (χ1v) is 16.5. The van der Waals surface area contributed by atoms with Gasteiger partial charge in [-0.15, -0.1) is 0 Å². The molecule has 0 atom stereocenters. The van der Waals surface area contributed by atoms with E-state index >= 15 is 0 Å². The second kappa shape index (κ2) is 10.6. The fraction of sp³-hybridized carbons (Fsp3) is 0.577. The van der Waals surface area contributed by atoms with E-state index in [-0.39, 0.29) is 29.3 Å². The maximum Gasteiger partial charge on any atom is 0.264 e. The molecule has 0 aliphatic heterocycles. The van der Waals surface area contributed by atoms with Gasteiger partial charge in [0.25, 0.3) is 10.1 Å². The predicted octanol–water partition coefficient (Wildman–Crippen LogP) is 7.13. The van der Waals surface area contributed by atoms with Gasteiger partial charge in [0.1, 0.15) is 5.82 Å². The number of nitrogens with zero attached hydrogens (tertiary/aromatic N) is 1. The van der Waals surface area contributed by atoms with Gasteiger partial charge in [-0.3, -0.25) is 9.17 Å². The highest BCUT2D eigenvalue weighted by atomic mass is 32.2. The average molecular weight is 510 g/mol. The van der Waals surface area contributed by atoms with Gasteiger partial charge in [0.05, 0.1) is 19.5 Å². The Balaban J connectivity index is 2.87. The summed E-state index contributed by atoms with van der Waals surface area (Å²) in [7, 11) is -5.77. The summed E-state index contributed by atoms with van der Waals surface area (Å²) in [4.78, 5) is 5.03. The van der Waals surface area contributed by atoms with Gasteiger partial charge in [-0.2, -0.15) is 8.42 Å². The zero-order valence-corrected chi connectivity index (χ0v) is 24.1. The lowest BCUT2D eigenvalue weighted by molar-refractivity contribution is 0.273. The van der Waals surface area contributed by atoms with Crippen molar-refractivity contribution in [1.82, 2.24) is 4.98 Å². The third-order valence-corrected chi connectivity index (χ3v) is 11.5. The van der Waals surface area contributed by atoms with Crippen LogP contribution in [0.5, 0.6) is 0 Å². The van der Waals surface area contributed by atoms with Crippen LogP contribution in [0.25, 0.3) is 11.1 Å². The Morgan fingerprint density at radius 2 is 1.41 bits per heavy atom. The van der Waals surface area contributed by atoms with Crippen molar-refractivity contribution >= 4 is 18.4 Å². The standard InChI is InChI=1S/C26H40FNO4SSi/c1-17(2)24-21(15-31-33(8,29)30)23(19-11-13-20(27)14-12-19)22(25(28-24)18(3)4)16-32-34(9,10)26(5,6)7/h11-14,17-18H,15-16H2,1-10H3. The van der Waals surface area contributed by atoms with Gasteiger partial charge in [0.15, 0.2) is 8.32 Å². The predicted molar refractivity (Wildman–Crippen MR) is 139 cm³/mol. The second-order valence-corrected chi connectivity index (χ2v) is 17.5. The van der Waals surface area contributed by atoms with Gasteiger partial charge in [-0.25, -0.2) is 4.39 Å². The zero-order valence-electron chi connectivity index (χ0n) is 22.2. The van der Waals surface area contributed by atoms with Crippen LogP contribution in [-0.2, 0) is 31.9 Å². The van der Waals surface area contributed by atoms with Gasteiger partial charge in [0, 0.05) is 22.5 Å². The Kier molecular flexibility index (Phi) is 8.89. The Hall–Kier alpha value is -1.61. The third kappa shape index (κ3) is 6.96. The smallest absolute Gasteiger partial charge is 0.264 e.